The molecular formula is C14H13BrN2O3. The number of hydrogen-bond acceptors (Lipinski definition) is 4. The molecule has 0 aliphatic rings. The molecule has 6 heteroatoms. The number of hydrogen-bond donors (Lipinski definition) is 3. The first-order valence-corrected chi connectivity index (χ1v) is 6.54. The van der Waals surface area contributed by atoms with Gasteiger partial charge in [0.1, 0.15) is 5.75 Å². The van der Waals surface area contributed by atoms with Crippen LogP contribution in [-0.2, 0) is 0 Å². The topological polar surface area (TPSA) is 84.6 Å². The van der Waals surface area contributed by atoms with Crippen molar-refractivity contribution in [3.8, 4) is 11.5 Å². The Morgan fingerprint density at radius 1 is 1.35 bits per heavy atom. The number of aromatic hydroxyl groups is 1. The molecule has 5 nitrogen and oxygen atoms in total. The molecule has 1 amide bonds. The molecule has 2 rings (SSSR count). The molecular weight excluding hydrogens is 324 g/mol. The van der Waals surface area contributed by atoms with Gasteiger partial charge in [-0.05, 0) is 46.3 Å². The number of nitrogens with two attached hydrogens (primary N) is 1. The molecule has 0 aliphatic heterocycles. The van der Waals surface area contributed by atoms with Gasteiger partial charge in [-0.2, -0.15) is 0 Å². The van der Waals surface area contributed by atoms with Crippen LogP contribution in [0.25, 0.3) is 0 Å². The van der Waals surface area contributed by atoms with Gasteiger partial charge in [0.25, 0.3) is 5.91 Å². The second-order valence-corrected chi connectivity index (χ2v) is 4.90. The zero-order valence-electron chi connectivity index (χ0n) is 10.7. The SMILES string of the molecule is COc1ccc(NC(=O)c2cccc(N)c2O)cc1Br. The van der Waals surface area contributed by atoms with Crippen molar-refractivity contribution in [2.24, 2.45) is 0 Å². The summed E-state index contributed by atoms with van der Waals surface area (Å²) in [6.07, 6.45) is 0. The standard InChI is InChI=1S/C14H13BrN2O3/c1-20-12-6-5-8(7-10(12)15)17-14(19)9-3-2-4-11(16)13(9)18/h2-7,18H,16H2,1H3,(H,17,19). The van der Waals surface area contributed by atoms with Crippen molar-refractivity contribution in [3.05, 3.63) is 46.4 Å². The minimum absolute atomic E-state index is 0.122. The van der Waals surface area contributed by atoms with Crippen molar-refractivity contribution in [3.63, 3.8) is 0 Å². The number of para-hydroxylation sites is 1. The van der Waals surface area contributed by atoms with Gasteiger partial charge in [0.05, 0.1) is 22.8 Å². The van der Waals surface area contributed by atoms with Crippen molar-refractivity contribution < 1.29 is 14.6 Å². The lowest BCUT2D eigenvalue weighted by Crippen LogP contribution is -2.12. The second-order valence-electron chi connectivity index (χ2n) is 4.05. The van der Waals surface area contributed by atoms with Gasteiger partial charge in [0.15, 0.2) is 5.75 Å². The molecule has 4 N–H and O–H groups in total. The Balaban J connectivity index is 2.24. The number of amides is 1. The Morgan fingerprint density at radius 2 is 2.10 bits per heavy atom. The monoisotopic (exact) mass is 336 g/mol. The van der Waals surface area contributed by atoms with Crippen molar-refractivity contribution >= 4 is 33.2 Å². The Kier molecular flexibility index (Phi) is 4.14. The van der Waals surface area contributed by atoms with Crippen LogP contribution in [0.4, 0.5) is 11.4 Å². The summed E-state index contributed by atoms with van der Waals surface area (Å²) in [5.41, 5.74) is 6.42. The fourth-order valence-corrected chi connectivity index (χ4v) is 2.23. The summed E-state index contributed by atoms with van der Waals surface area (Å²) in [4.78, 5) is 12.1. The van der Waals surface area contributed by atoms with Crippen LogP contribution in [0.5, 0.6) is 11.5 Å². The van der Waals surface area contributed by atoms with Gasteiger partial charge in [-0.1, -0.05) is 6.07 Å². The molecule has 2 aromatic carbocycles. The highest BCUT2D eigenvalue weighted by Gasteiger charge is 2.13. The number of nitrogen functional groups attached to an aromatic ring is 1. The summed E-state index contributed by atoms with van der Waals surface area (Å²) in [6, 6.07) is 9.76. The molecule has 0 saturated carbocycles. The number of carbonyl (C=O) groups is 1. The van der Waals surface area contributed by atoms with Crippen molar-refractivity contribution in [1.29, 1.82) is 0 Å². The highest BCUT2D eigenvalue weighted by Crippen LogP contribution is 2.29. The van der Waals surface area contributed by atoms with E-state index in [-0.39, 0.29) is 17.0 Å². The van der Waals surface area contributed by atoms with Gasteiger partial charge < -0.3 is 20.9 Å². The maximum atomic E-state index is 12.1. The molecule has 0 bridgehead atoms. The molecule has 104 valence electrons. The highest BCUT2D eigenvalue weighted by molar-refractivity contribution is 9.10. The van der Waals surface area contributed by atoms with E-state index in [0.29, 0.717) is 11.4 Å². The van der Waals surface area contributed by atoms with Gasteiger partial charge in [-0.25, -0.2) is 0 Å². The van der Waals surface area contributed by atoms with Crippen LogP contribution in [0.3, 0.4) is 0 Å². The summed E-state index contributed by atoms with van der Waals surface area (Å²) < 4.78 is 5.83. The molecule has 0 fully saturated rings. The molecule has 0 saturated heterocycles. The van der Waals surface area contributed by atoms with E-state index in [1.54, 1.807) is 31.4 Å². The smallest absolute Gasteiger partial charge is 0.259 e. The maximum Gasteiger partial charge on any atom is 0.259 e. The molecule has 0 heterocycles. The average Bonchev–Trinajstić information content (AvgIpc) is 2.42. The molecule has 0 spiro atoms. The number of phenols is 1. The molecule has 0 atom stereocenters. The van der Waals surface area contributed by atoms with Crippen molar-refractivity contribution in [1.82, 2.24) is 0 Å². The minimum Gasteiger partial charge on any atom is -0.505 e. The Morgan fingerprint density at radius 3 is 2.75 bits per heavy atom. The van der Waals surface area contributed by atoms with E-state index in [0.717, 1.165) is 4.47 Å². The van der Waals surface area contributed by atoms with Crippen LogP contribution >= 0.6 is 15.9 Å². The number of carbonyl (C=O) groups excluding carboxylic acids is 1. The fraction of sp³-hybridized carbons (Fsp3) is 0.0714. The molecule has 0 aliphatic carbocycles. The van der Waals surface area contributed by atoms with Crippen LogP contribution in [0.15, 0.2) is 40.9 Å². The summed E-state index contributed by atoms with van der Waals surface area (Å²) in [5.74, 6) is -0.000698. The molecule has 20 heavy (non-hydrogen) atoms. The highest BCUT2D eigenvalue weighted by atomic mass is 79.9. The van der Waals surface area contributed by atoms with Crippen LogP contribution in [0.2, 0.25) is 0 Å². The predicted molar refractivity (Wildman–Crippen MR) is 81.2 cm³/mol. The quantitative estimate of drug-likeness (QED) is 0.594. The van der Waals surface area contributed by atoms with E-state index in [9.17, 15) is 9.90 Å². The lowest BCUT2D eigenvalue weighted by atomic mass is 10.1. The normalized spacial score (nSPS) is 10.1. The average molecular weight is 337 g/mol. The largest absolute Gasteiger partial charge is 0.505 e. The molecule has 0 radical (unpaired) electrons. The first-order valence-electron chi connectivity index (χ1n) is 5.75. The number of ether oxygens (including phenoxy) is 1. The Bertz CT molecular complexity index is 659. The zero-order valence-corrected chi connectivity index (χ0v) is 12.3. The summed E-state index contributed by atoms with van der Waals surface area (Å²) in [6.45, 7) is 0. The molecule has 0 unspecified atom stereocenters. The number of benzene rings is 2. The zero-order chi connectivity index (χ0) is 14.7. The molecule has 2 aromatic rings. The number of nitrogens with one attached hydrogen (secondary N) is 1. The lowest BCUT2D eigenvalue weighted by molar-refractivity contribution is 0.102. The van der Waals surface area contributed by atoms with Crippen LogP contribution < -0.4 is 15.8 Å². The van der Waals surface area contributed by atoms with Crippen molar-refractivity contribution in [2.75, 3.05) is 18.2 Å². The first-order chi connectivity index (χ1) is 9.52. The third kappa shape index (κ3) is 2.85. The van der Waals surface area contributed by atoms with Gasteiger partial charge in [-0.15, -0.1) is 0 Å². The van der Waals surface area contributed by atoms with Gasteiger partial charge in [0, 0.05) is 5.69 Å². The van der Waals surface area contributed by atoms with Crippen LogP contribution in [0, 0.1) is 0 Å². The summed E-state index contributed by atoms with van der Waals surface area (Å²) in [7, 11) is 1.56. The number of rotatable bonds is 3. The van der Waals surface area contributed by atoms with E-state index < -0.39 is 5.91 Å². The van der Waals surface area contributed by atoms with E-state index in [1.165, 1.54) is 12.1 Å². The number of anilines is 2. The third-order valence-corrected chi connectivity index (χ3v) is 3.34. The maximum absolute atomic E-state index is 12.1. The molecule has 0 aromatic heterocycles. The fourth-order valence-electron chi connectivity index (χ4n) is 1.69. The van der Waals surface area contributed by atoms with E-state index in [4.69, 9.17) is 10.5 Å². The predicted octanol–water partition coefficient (Wildman–Crippen LogP) is 3.00. The Hall–Kier alpha value is -2.21. The summed E-state index contributed by atoms with van der Waals surface area (Å²) in [5, 5.41) is 12.4. The van der Waals surface area contributed by atoms with Gasteiger partial charge in [-0.3, -0.25) is 4.79 Å². The first kappa shape index (κ1) is 14.2. The van der Waals surface area contributed by atoms with E-state index in [1.807, 2.05) is 0 Å². The lowest BCUT2D eigenvalue weighted by Gasteiger charge is -2.10. The third-order valence-electron chi connectivity index (χ3n) is 2.72. The van der Waals surface area contributed by atoms with E-state index >= 15 is 0 Å². The Labute approximate surface area is 124 Å². The van der Waals surface area contributed by atoms with Crippen LogP contribution in [0.1, 0.15) is 10.4 Å². The van der Waals surface area contributed by atoms with E-state index in [2.05, 4.69) is 21.2 Å². The minimum atomic E-state index is -0.438. The van der Waals surface area contributed by atoms with Gasteiger partial charge in [0.2, 0.25) is 0 Å². The summed E-state index contributed by atoms with van der Waals surface area (Å²) >= 11 is 3.33. The second kappa shape index (κ2) is 5.83. The number of methoxy groups -OCH3 is 1. The number of halogens is 1. The van der Waals surface area contributed by atoms with Crippen LogP contribution in [-0.4, -0.2) is 18.1 Å². The number of phenolic OH excluding ortho intramolecular Hbond substituents is 1. The van der Waals surface area contributed by atoms with Gasteiger partial charge >= 0.3 is 0 Å². The van der Waals surface area contributed by atoms with Crippen molar-refractivity contribution in [2.45, 2.75) is 0 Å².